The summed E-state index contributed by atoms with van der Waals surface area (Å²) in [6.07, 6.45) is 0. The van der Waals surface area contributed by atoms with Crippen LogP contribution >= 0.6 is 11.6 Å². The molecule has 0 fully saturated rings. The van der Waals surface area contributed by atoms with E-state index in [1.165, 1.54) is 0 Å². The molecular weight excluding hydrogens is 126 g/mol. The Morgan fingerprint density at radius 1 is 1.62 bits per heavy atom. The summed E-state index contributed by atoms with van der Waals surface area (Å²) in [6.45, 7) is 0. The number of rotatable bonds is 1. The minimum absolute atomic E-state index is 0.386. The number of hydrogen-bond acceptors (Lipinski definition) is 2. The Kier molecular flexibility index (Phi) is 1.44. The van der Waals surface area contributed by atoms with Crippen molar-refractivity contribution in [1.82, 2.24) is 0 Å². The summed E-state index contributed by atoms with van der Waals surface area (Å²) < 4.78 is 4.88. The highest BCUT2D eigenvalue weighted by Crippen LogP contribution is 2.10. The third kappa shape index (κ3) is 0.954. The highest BCUT2D eigenvalue weighted by Gasteiger charge is 1.93. The Morgan fingerprint density at radius 2 is 2.38 bits per heavy atom. The van der Waals surface area contributed by atoms with Gasteiger partial charge in [-0.2, -0.15) is 0 Å². The van der Waals surface area contributed by atoms with E-state index in [4.69, 9.17) is 21.8 Å². The van der Waals surface area contributed by atoms with Gasteiger partial charge in [0.2, 0.25) is 0 Å². The molecule has 0 saturated carbocycles. The van der Waals surface area contributed by atoms with Gasteiger partial charge >= 0.3 is 0 Å². The van der Waals surface area contributed by atoms with Crippen LogP contribution in [0, 0.1) is 0 Å². The summed E-state index contributed by atoms with van der Waals surface area (Å²) in [5, 5.41) is 0. The second kappa shape index (κ2) is 2.09. The number of nitrogens with two attached hydrogens (primary N) is 1. The van der Waals surface area contributed by atoms with Crippen molar-refractivity contribution in [3.8, 4) is 0 Å². The van der Waals surface area contributed by atoms with Crippen molar-refractivity contribution in [2.24, 2.45) is 0 Å². The molecule has 0 amide bonds. The van der Waals surface area contributed by atoms with E-state index in [0.29, 0.717) is 17.5 Å². The molecule has 1 aromatic heterocycles. The molecule has 44 valence electrons. The van der Waals surface area contributed by atoms with Gasteiger partial charge in [0.05, 0.1) is 5.88 Å². The summed E-state index contributed by atoms with van der Waals surface area (Å²) in [6, 6.07) is 3.43. The summed E-state index contributed by atoms with van der Waals surface area (Å²) in [5.41, 5.74) is 5.23. The molecule has 0 aromatic carbocycles. The molecule has 0 bridgehead atoms. The monoisotopic (exact) mass is 131 g/mol. The molecule has 0 saturated heterocycles. The Labute approximate surface area is 52.2 Å². The van der Waals surface area contributed by atoms with Crippen LogP contribution < -0.4 is 5.73 Å². The predicted molar refractivity (Wildman–Crippen MR) is 32.7 cm³/mol. The van der Waals surface area contributed by atoms with Crippen molar-refractivity contribution in [3.05, 3.63) is 17.9 Å². The van der Waals surface area contributed by atoms with Gasteiger partial charge in [-0.25, -0.2) is 0 Å². The molecule has 8 heavy (non-hydrogen) atoms. The summed E-state index contributed by atoms with van der Waals surface area (Å²) in [5.74, 6) is 1.52. The normalized spacial score (nSPS) is 9.62. The number of alkyl halides is 1. The van der Waals surface area contributed by atoms with Crippen molar-refractivity contribution in [2.75, 3.05) is 5.73 Å². The fraction of sp³-hybridized carbons (Fsp3) is 0.200. The zero-order chi connectivity index (χ0) is 5.98. The number of furan rings is 1. The average Bonchev–Trinajstić information content (AvgIpc) is 2.14. The highest BCUT2D eigenvalue weighted by molar-refractivity contribution is 6.16. The third-order valence-electron chi connectivity index (χ3n) is 0.814. The van der Waals surface area contributed by atoms with Gasteiger partial charge in [0.25, 0.3) is 0 Å². The first-order valence-corrected chi connectivity index (χ1v) is 2.76. The van der Waals surface area contributed by atoms with Crippen LogP contribution in [-0.2, 0) is 5.88 Å². The standard InChI is InChI=1S/C5H6ClNO/c6-3-4-1-2-5(7)8-4/h1-2H,3,7H2. The quantitative estimate of drug-likeness (QED) is 0.588. The van der Waals surface area contributed by atoms with Crippen LogP contribution in [0.3, 0.4) is 0 Å². The Hall–Kier alpha value is -0.630. The fourth-order valence-corrected chi connectivity index (χ4v) is 0.610. The molecule has 2 nitrogen and oxygen atoms in total. The first kappa shape index (κ1) is 5.51. The van der Waals surface area contributed by atoms with E-state index >= 15 is 0 Å². The van der Waals surface area contributed by atoms with E-state index in [1.807, 2.05) is 0 Å². The van der Waals surface area contributed by atoms with E-state index in [0.717, 1.165) is 0 Å². The molecule has 1 rings (SSSR count). The molecule has 0 aliphatic rings. The Balaban J connectivity index is 2.84. The number of anilines is 1. The maximum absolute atomic E-state index is 5.39. The molecule has 1 aromatic rings. The first-order valence-electron chi connectivity index (χ1n) is 2.23. The van der Waals surface area contributed by atoms with Crippen molar-refractivity contribution in [3.63, 3.8) is 0 Å². The second-order valence-electron chi connectivity index (χ2n) is 1.44. The van der Waals surface area contributed by atoms with Gasteiger partial charge in [-0.15, -0.1) is 11.6 Å². The third-order valence-corrected chi connectivity index (χ3v) is 1.08. The maximum atomic E-state index is 5.39. The van der Waals surface area contributed by atoms with Gasteiger partial charge in [-0.3, -0.25) is 0 Å². The second-order valence-corrected chi connectivity index (χ2v) is 1.70. The fourth-order valence-electron chi connectivity index (χ4n) is 0.466. The van der Waals surface area contributed by atoms with Gasteiger partial charge in [0, 0.05) is 6.07 Å². The summed E-state index contributed by atoms with van der Waals surface area (Å²) in [4.78, 5) is 0. The lowest BCUT2D eigenvalue weighted by atomic mass is 10.5. The van der Waals surface area contributed by atoms with Crippen LogP contribution in [0.25, 0.3) is 0 Å². The molecular formula is C5H6ClNO. The summed E-state index contributed by atoms with van der Waals surface area (Å²) >= 11 is 5.39. The smallest absolute Gasteiger partial charge is 0.190 e. The molecule has 0 aliphatic carbocycles. The minimum Gasteiger partial charge on any atom is -0.445 e. The predicted octanol–water partition coefficient (Wildman–Crippen LogP) is 1.60. The van der Waals surface area contributed by atoms with E-state index in [-0.39, 0.29) is 0 Å². The van der Waals surface area contributed by atoms with E-state index in [1.54, 1.807) is 12.1 Å². The van der Waals surface area contributed by atoms with Crippen molar-refractivity contribution < 1.29 is 4.42 Å². The SMILES string of the molecule is Nc1ccc(CCl)o1. The largest absolute Gasteiger partial charge is 0.445 e. The Bertz CT molecular complexity index is 173. The first-order chi connectivity index (χ1) is 3.83. The van der Waals surface area contributed by atoms with Crippen LogP contribution in [0.5, 0.6) is 0 Å². The van der Waals surface area contributed by atoms with Crippen LogP contribution in [0.1, 0.15) is 5.76 Å². The molecule has 2 N–H and O–H groups in total. The van der Waals surface area contributed by atoms with Gasteiger partial charge in [0.1, 0.15) is 5.76 Å². The number of nitrogen functional groups attached to an aromatic ring is 1. The molecule has 1 heterocycles. The zero-order valence-electron chi connectivity index (χ0n) is 4.23. The highest BCUT2D eigenvalue weighted by atomic mass is 35.5. The van der Waals surface area contributed by atoms with E-state index in [2.05, 4.69) is 0 Å². The molecule has 0 atom stereocenters. The average molecular weight is 132 g/mol. The lowest BCUT2D eigenvalue weighted by Crippen LogP contribution is -1.76. The van der Waals surface area contributed by atoms with Crippen molar-refractivity contribution in [2.45, 2.75) is 5.88 Å². The lowest BCUT2D eigenvalue weighted by Gasteiger charge is -1.81. The van der Waals surface area contributed by atoms with Gasteiger partial charge in [0.15, 0.2) is 5.88 Å². The van der Waals surface area contributed by atoms with Crippen molar-refractivity contribution >= 4 is 17.5 Å². The maximum Gasteiger partial charge on any atom is 0.190 e. The number of hydrogen-bond donors (Lipinski definition) is 1. The molecule has 0 unspecified atom stereocenters. The molecule has 0 radical (unpaired) electrons. The van der Waals surface area contributed by atoms with Crippen LogP contribution in [0.2, 0.25) is 0 Å². The summed E-state index contributed by atoms with van der Waals surface area (Å²) in [7, 11) is 0. The van der Waals surface area contributed by atoms with Crippen LogP contribution in [-0.4, -0.2) is 0 Å². The molecule has 0 aliphatic heterocycles. The van der Waals surface area contributed by atoms with Crippen LogP contribution in [0.15, 0.2) is 16.5 Å². The van der Waals surface area contributed by atoms with E-state index in [9.17, 15) is 0 Å². The topological polar surface area (TPSA) is 39.2 Å². The van der Waals surface area contributed by atoms with Crippen LogP contribution in [0.4, 0.5) is 5.88 Å². The number of halogens is 1. The van der Waals surface area contributed by atoms with Gasteiger partial charge < -0.3 is 10.2 Å². The molecule has 3 heteroatoms. The van der Waals surface area contributed by atoms with Gasteiger partial charge in [-0.05, 0) is 6.07 Å². The van der Waals surface area contributed by atoms with Crippen molar-refractivity contribution in [1.29, 1.82) is 0 Å². The minimum atomic E-state index is 0.386. The molecule has 0 spiro atoms. The lowest BCUT2D eigenvalue weighted by molar-refractivity contribution is 0.548. The zero-order valence-corrected chi connectivity index (χ0v) is 4.98. The van der Waals surface area contributed by atoms with E-state index < -0.39 is 0 Å². The van der Waals surface area contributed by atoms with Gasteiger partial charge in [-0.1, -0.05) is 0 Å². The Morgan fingerprint density at radius 3 is 2.62 bits per heavy atom.